The van der Waals surface area contributed by atoms with Crippen molar-refractivity contribution in [2.45, 2.75) is 6.18 Å². The zero-order chi connectivity index (χ0) is 21.4. The van der Waals surface area contributed by atoms with Crippen molar-refractivity contribution < 1.29 is 13.2 Å². The van der Waals surface area contributed by atoms with E-state index in [1.165, 1.54) is 36.6 Å². The highest BCUT2D eigenvalue weighted by molar-refractivity contribution is 6.42. The molecule has 0 aliphatic rings. The number of halogens is 5. The summed E-state index contributed by atoms with van der Waals surface area (Å²) in [5.74, 6) is -0.132. The molecule has 0 saturated heterocycles. The molecule has 0 spiro atoms. The molecule has 0 radical (unpaired) electrons. The highest BCUT2D eigenvalue weighted by Crippen LogP contribution is 2.28. The van der Waals surface area contributed by atoms with Gasteiger partial charge in [0.15, 0.2) is 0 Å². The van der Waals surface area contributed by atoms with Crippen LogP contribution < -0.4 is 5.43 Å². The van der Waals surface area contributed by atoms with Crippen LogP contribution in [0.5, 0.6) is 0 Å². The number of rotatable bonds is 5. The molecule has 29 heavy (non-hydrogen) atoms. The third-order valence-electron chi connectivity index (χ3n) is 3.51. The molecule has 0 aliphatic heterocycles. The lowest BCUT2D eigenvalue weighted by Gasteiger charge is -2.12. The Morgan fingerprint density at radius 3 is 2.34 bits per heavy atom. The maximum atomic E-state index is 12.5. The van der Waals surface area contributed by atoms with Gasteiger partial charge in [-0.1, -0.05) is 47.5 Å². The van der Waals surface area contributed by atoms with E-state index in [4.69, 9.17) is 28.6 Å². The van der Waals surface area contributed by atoms with Gasteiger partial charge in [-0.25, -0.2) is 10.4 Å². The second-order valence-corrected chi connectivity index (χ2v) is 6.47. The van der Waals surface area contributed by atoms with Crippen LogP contribution in [0.25, 0.3) is 6.08 Å². The number of hydrogen-bond donors (Lipinski definition) is 2. The van der Waals surface area contributed by atoms with Gasteiger partial charge in [-0.2, -0.15) is 23.4 Å². The summed E-state index contributed by atoms with van der Waals surface area (Å²) in [4.78, 5) is 0. The van der Waals surface area contributed by atoms with E-state index >= 15 is 0 Å². The van der Waals surface area contributed by atoms with Crippen molar-refractivity contribution in [1.29, 1.82) is 5.41 Å². The molecule has 0 atom stereocenters. The summed E-state index contributed by atoms with van der Waals surface area (Å²) in [5, 5.41) is 17.7. The number of benzene rings is 2. The quantitative estimate of drug-likeness (QED) is 0.365. The minimum Gasteiger partial charge on any atom is -0.266 e. The Kier molecular flexibility index (Phi) is 7.81. The standard InChI is InChI=1S/C19H16Cl2F3N5/c1-29(27-12-14-4-7-15(8-5-14)19(22,23)24)18(25)28-26-10-2-3-13-6-9-16(20)17(21)11-13/h2-12H,1H3,(H2,25,28)/b3-2+,26-10?,27-12?. The largest absolute Gasteiger partial charge is 0.416 e. The number of allylic oxidation sites excluding steroid dienone is 1. The highest BCUT2D eigenvalue weighted by Gasteiger charge is 2.29. The summed E-state index contributed by atoms with van der Waals surface area (Å²) in [5.41, 5.74) is 3.03. The smallest absolute Gasteiger partial charge is 0.266 e. The molecule has 0 unspecified atom stereocenters. The van der Waals surface area contributed by atoms with Crippen molar-refractivity contribution in [3.8, 4) is 0 Å². The molecule has 0 aromatic heterocycles. The Labute approximate surface area is 175 Å². The maximum absolute atomic E-state index is 12.5. The molecule has 0 saturated carbocycles. The van der Waals surface area contributed by atoms with E-state index < -0.39 is 11.7 Å². The van der Waals surface area contributed by atoms with Crippen molar-refractivity contribution in [2.75, 3.05) is 7.05 Å². The predicted molar refractivity (Wildman–Crippen MR) is 112 cm³/mol. The average molecular weight is 442 g/mol. The van der Waals surface area contributed by atoms with E-state index in [0.717, 1.165) is 17.7 Å². The number of nitrogens with zero attached hydrogens (tertiary/aromatic N) is 3. The van der Waals surface area contributed by atoms with Crippen molar-refractivity contribution in [3.63, 3.8) is 0 Å². The third kappa shape index (κ3) is 7.24. The number of nitrogens with one attached hydrogen (secondary N) is 2. The molecular weight excluding hydrogens is 426 g/mol. The van der Waals surface area contributed by atoms with E-state index in [1.807, 2.05) is 0 Å². The Bertz CT molecular complexity index is 938. The molecule has 0 amide bonds. The van der Waals surface area contributed by atoms with Crippen LogP contribution in [-0.2, 0) is 6.18 Å². The summed E-state index contributed by atoms with van der Waals surface area (Å²) < 4.78 is 37.6. The second kappa shape index (κ2) is 10.1. The Morgan fingerprint density at radius 1 is 1.07 bits per heavy atom. The monoisotopic (exact) mass is 441 g/mol. The number of hydrazone groups is 2. The molecule has 5 nitrogen and oxygen atoms in total. The van der Waals surface area contributed by atoms with Gasteiger partial charge in [0.2, 0.25) is 5.96 Å². The van der Waals surface area contributed by atoms with Crippen LogP contribution in [0.4, 0.5) is 13.2 Å². The zero-order valence-corrected chi connectivity index (χ0v) is 16.6. The van der Waals surface area contributed by atoms with Crippen LogP contribution >= 0.6 is 23.2 Å². The molecular formula is C19H16Cl2F3N5. The van der Waals surface area contributed by atoms with E-state index in [0.29, 0.717) is 15.6 Å². The van der Waals surface area contributed by atoms with E-state index in [2.05, 4.69) is 15.6 Å². The van der Waals surface area contributed by atoms with Crippen molar-refractivity contribution in [2.24, 2.45) is 10.2 Å². The molecule has 0 heterocycles. The van der Waals surface area contributed by atoms with Crippen LogP contribution in [0.15, 0.2) is 58.7 Å². The Balaban J connectivity index is 1.85. The van der Waals surface area contributed by atoms with Gasteiger partial charge in [0, 0.05) is 13.3 Å². The first-order valence-electron chi connectivity index (χ1n) is 8.11. The summed E-state index contributed by atoms with van der Waals surface area (Å²) in [6.45, 7) is 0. The number of alkyl halides is 3. The molecule has 10 heteroatoms. The van der Waals surface area contributed by atoms with Gasteiger partial charge in [0.25, 0.3) is 0 Å². The van der Waals surface area contributed by atoms with Gasteiger partial charge < -0.3 is 0 Å². The summed E-state index contributed by atoms with van der Waals surface area (Å²) in [7, 11) is 1.50. The van der Waals surface area contributed by atoms with Crippen LogP contribution in [0.1, 0.15) is 16.7 Å². The lowest BCUT2D eigenvalue weighted by Crippen LogP contribution is -2.31. The van der Waals surface area contributed by atoms with Gasteiger partial charge in [0.05, 0.1) is 21.8 Å². The van der Waals surface area contributed by atoms with Gasteiger partial charge in [-0.05, 0) is 41.5 Å². The van der Waals surface area contributed by atoms with Gasteiger partial charge in [-0.15, -0.1) is 0 Å². The van der Waals surface area contributed by atoms with Crippen LogP contribution in [0.2, 0.25) is 10.0 Å². The van der Waals surface area contributed by atoms with Crippen molar-refractivity contribution >= 4 is 47.7 Å². The number of guanidine groups is 1. The average Bonchev–Trinajstić information content (AvgIpc) is 2.68. The third-order valence-corrected chi connectivity index (χ3v) is 4.24. The molecule has 2 aromatic rings. The molecule has 0 fully saturated rings. The second-order valence-electron chi connectivity index (χ2n) is 5.66. The molecule has 152 valence electrons. The highest BCUT2D eigenvalue weighted by atomic mass is 35.5. The van der Waals surface area contributed by atoms with E-state index in [1.54, 1.807) is 30.4 Å². The topological polar surface area (TPSA) is 63.8 Å². The first-order chi connectivity index (χ1) is 13.7. The summed E-state index contributed by atoms with van der Waals surface area (Å²) in [6, 6.07) is 9.70. The SMILES string of the molecule is CN(N=Cc1ccc(C(F)(F)F)cc1)C(=N)NN=C/C=C/c1ccc(Cl)c(Cl)c1. The fourth-order valence-corrected chi connectivity index (χ4v) is 2.26. The van der Waals surface area contributed by atoms with Crippen LogP contribution in [-0.4, -0.2) is 30.4 Å². The first-order valence-corrected chi connectivity index (χ1v) is 8.87. The van der Waals surface area contributed by atoms with Crippen LogP contribution in [0, 0.1) is 5.41 Å². The summed E-state index contributed by atoms with van der Waals surface area (Å²) in [6.07, 6.45) is 1.79. The predicted octanol–water partition coefficient (Wildman–Crippen LogP) is 5.50. The van der Waals surface area contributed by atoms with Crippen molar-refractivity contribution in [1.82, 2.24) is 10.4 Å². The zero-order valence-electron chi connectivity index (χ0n) is 15.1. The minimum atomic E-state index is -4.38. The summed E-state index contributed by atoms with van der Waals surface area (Å²) >= 11 is 11.8. The van der Waals surface area contributed by atoms with Gasteiger partial charge in [0.1, 0.15) is 0 Å². The van der Waals surface area contributed by atoms with E-state index in [9.17, 15) is 13.2 Å². The molecule has 0 aliphatic carbocycles. The molecule has 2 rings (SSSR count). The lowest BCUT2D eigenvalue weighted by atomic mass is 10.1. The molecule has 2 N–H and O–H groups in total. The minimum absolute atomic E-state index is 0.132. The maximum Gasteiger partial charge on any atom is 0.416 e. The fourth-order valence-electron chi connectivity index (χ4n) is 1.95. The molecule has 0 bridgehead atoms. The molecule has 2 aromatic carbocycles. The first kappa shape index (κ1) is 22.4. The van der Waals surface area contributed by atoms with Crippen molar-refractivity contribution in [3.05, 3.63) is 75.3 Å². The Hall–Kier alpha value is -2.84. The van der Waals surface area contributed by atoms with Gasteiger partial charge in [-0.3, -0.25) is 5.41 Å². The lowest BCUT2D eigenvalue weighted by molar-refractivity contribution is -0.137. The Morgan fingerprint density at radius 2 is 1.72 bits per heavy atom. The van der Waals surface area contributed by atoms with Crippen LogP contribution in [0.3, 0.4) is 0 Å². The number of hydrogen-bond acceptors (Lipinski definition) is 3. The fraction of sp³-hybridized carbons (Fsp3) is 0.105. The van der Waals surface area contributed by atoms with Gasteiger partial charge >= 0.3 is 6.18 Å². The normalized spacial score (nSPS) is 12.2. The van der Waals surface area contributed by atoms with E-state index in [-0.39, 0.29) is 5.96 Å².